The summed E-state index contributed by atoms with van der Waals surface area (Å²) < 4.78 is 13.3. The summed E-state index contributed by atoms with van der Waals surface area (Å²) in [6, 6.07) is 5.42. The molecule has 0 amide bonds. The zero-order chi connectivity index (χ0) is 12.7. The van der Waals surface area contributed by atoms with E-state index in [2.05, 4.69) is 19.2 Å². The molecule has 0 saturated heterocycles. The SMILES string of the molecule is CCCCC(Cc1cccc(F)c1Cl)NCC. The van der Waals surface area contributed by atoms with Crippen molar-refractivity contribution in [2.75, 3.05) is 6.54 Å². The lowest BCUT2D eigenvalue weighted by molar-refractivity contribution is 0.472. The molecular formula is C14H21ClFN. The molecule has 0 radical (unpaired) electrons. The fraction of sp³-hybridized carbons (Fsp3) is 0.571. The molecule has 1 rings (SSSR count). The highest BCUT2D eigenvalue weighted by Crippen LogP contribution is 2.21. The third kappa shape index (κ3) is 4.64. The van der Waals surface area contributed by atoms with Gasteiger partial charge in [0.1, 0.15) is 5.82 Å². The highest BCUT2D eigenvalue weighted by molar-refractivity contribution is 6.31. The molecule has 0 bridgehead atoms. The van der Waals surface area contributed by atoms with Gasteiger partial charge in [0.15, 0.2) is 0 Å². The average molecular weight is 258 g/mol. The zero-order valence-electron chi connectivity index (χ0n) is 10.6. The second kappa shape index (κ2) is 7.67. The van der Waals surface area contributed by atoms with Gasteiger partial charge in [-0.3, -0.25) is 0 Å². The van der Waals surface area contributed by atoms with Crippen molar-refractivity contribution in [3.8, 4) is 0 Å². The average Bonchev–Trinajstić information content (AvgIpc) is 2.32. The third-order valence-electron chi connectivity index (χ3n) is 2.90. The molecule has 0 fully saturated rings. The fourth-order valence-electron chi connectivity index (χ4n) is 1.99. The predicted octanol–water partition coefficient (Wildman–Crippen LogP) is 4.19. The number of likely N-dealkylation sites (N-methyl/N-ethyl adjacent to an activating group) is 1. The quantitative estimate of drug-likeness (QED) is 0.772. The van der Waals surface area contributed by atoms with Crippen molar-refractivity contribution in [2.45, 2.75) is 45.6 Å². The Morgan fingerprint density at radius 3 is 2.76 bits per heavy atom. The Kier molecular flexibility index (Phi) is 6.53. The molecule has 1 aromatic rings. The smallest absolute Gasteiger partial charge is 0.142 e. The van der Waals surface area contributed by atoms with Crippen LogP contribution in [0.3, 0.4) is 0 Å². The van der Waals surface area contributed by atoms with Crippen molar-refractivity contribution in [2.24, 2.45) is 0 Å². The van der Waals surface area contributed by atoms with E-state index in [-0.39, 0.29) is 10.8 Å². The summed E-state index contributed by atoms with van der Waals surface area (Å²) in [7, 11) is 0. The molecule has 0 aliphatic rings. The van der Waals surface area contributed by atoms with E-state index in [0.29, 0.717) is 6.04 Å². The van der Waals surface area contributed by atoms with Gasteiger partial charge < -0.3 is 5.32 Å². The molecule has 96 valence electrons. The Bertz CT molecular complexity index is 341. The monoisotopic (exact) mass is 257 g/mol. The summed E-state index contributed by atoms with van der Waals surface area (Å²) in [6.45, 7) is 5.20. The summed E-state index contributed by atoms with van der Waals surface area (Å²) in [4.78, 5) is 0. The first-order valence-corrected chi connectivity index (χ1v) is 6.73. The molecule has 0 saturated carbocycles. The maximum atomic E-state index is 13.3. The molecule has 1 nitrogen and oxygen atoms in total. The van der Waals surface area contributed by atoms with Gasteiger partial charge in [-0.05, 0) is 31.0 Å². The summed E-state index contributed by atoms with van der Waals surface area (Å²) in [5.41, 5.74) is 0.897. The zero-order valence-corrected chi connectivity index (χ0v) is 11.4. The standard InChI is InChI=1S/C14H21ClFN/c1-3-5-8-12(17-4-2)10-11-7-6-9-13(16)14(11)15/h6-7,9,12,17H,3-5,8,10H2,1-2H3. The van der Waals surface area contributed by atoms with Gasteiger partial charge >= 0.3 is 0 Å². The third-order valence-corrected chi connectivity index (χ3v) is 3.32. The highest BCUT2D eigenvalue weighted by atomic mass is 35.5. The molecule has 1 unspecified atom stereocenters. The molecule has 0 spiro atoms. The lowest BCUT2D eigenvalue weighted by atomic mass is 10.0. The van der Waals surface area contributed by atoms with Crippen LogP contribution in [0.2, 0.25) is 5.02 Å². The summed E-state index contributed by atoms with van der Waals surface area (Å²) in [6.07, 6.45) is 4.27. The minimum absolute atomic E-state index is 0.270. The Hall–Kier alpha value is -0.600. The van der Waals surface area contributed by atoms with Gasteiger partial charge in [-0.2, -0.15) is 0 Å². The highest BCUT2D eigenvalue weighted by Gasteiger charge is 2.12. The fourth-order valence-corrected chi connectivity index (χ4v) is 2.19. The van der Waals surface area contributed by atoms with E-state index in [1.165, 1.54) is 18.9 Å². The van der Waals surface area contributed by atoms with Gasteiger partial charge in [-0.25, -0.2) is 4.39 Å². The van der Waals surface area contributed by atoms with Gasteiger partial charge in [-0.15, -0.1) is 0 Å². The van der Waals surface area contributed by atoms with Crippen LogP contribution < -0.4 is 5.32 Å². The van der Waals surface area contributed by atoms with E-state index in [0.717, 1.165) is 24.9 Å². The molecule has 0 heterocycles. The molecule has 1 atom stereocenters. The van der Waals surface area contributed by atoms with Crippen LogP contribution in [0.25, 0.3) is 0 Å². The second-order valence-corrected chi connectivity index (χ2v) is 4.69. The van der Waals surface area contributed by atoms with Gasteiger partial charge in [0.25, 0.3) is 0 Å². The number of halogens is 2. The van der Waals surface area contributed by atoms with Crippen molar-refractivity contribution in [3.63, 3.8) is 0 Å². The summed E-state index contributed by atoms with van der Waals surface area (Å²) in [5, 5.41) is 3.70. The molecule has 0 aliphatic heterocycles. The maximum absolute atomic E-state index is 13.3. The van der Waals surface area contributed by atoms with Crippen LogP contribution in [0, 0.1) is 5.82 Å². The summed E-state index contributed by atoms with van der Waals surface area (Å²) in [5.74, 6) is -0.324. The molecule has 1 N–H and O–H groups in total. The lowest BCUT2D eigenvalue weighted by Gasteiger charge is -2.18. The predicted molar refractivity (Wildman–Crippen MR) is 72.1 cm³/mol. The topological polar surface area (TPSA) is 12.0 Å². The minimum Gasteiger partial charge on any atom is -0.314 e. The second-order valence-electron chi connectivity index (χ2n) is 4.31. The molecule has 0 aromatic heterocycles. The number of hydrogen-bond acceptors (Lipinski definition) is 1. The molecule has 1 aromatic carbocycles. The number of nitrogens with one attached hydrogen (secondary N) is 1. The summed E-state index contributed by atoms with van der Waals surface area (Å²) >= 11 is 5.97. The van der Waals surface area contributed by atoms with Gasteiger partial charge in [-0.1, -0.05) is 50.4 Å². The van der Waals surface area contributed by atoms with E-state index in [1.807, 2.05) is 6.07 Å². The Morgan fingerprint density at radius 2 is 2.12 bits per heavy atom. The van der Waals surface area contributed by atoms with E-state index >= 15 is 0 Å². The van der Waals surface area contributed by atoms with Crippen LogP contribution in [-0.4, -0.2) is 12.6 Å². The normalized spacial score (nSPS) is 12.7. The number of rotatable bonds is 7. The molecule has 0 aliphatic carbocycles. The molecule has 3 heteroatoms. The Morgan fingerprint density at radius 1 is 1.35 bits per heavy atom. The van der Waals surface area contributed by atoms with Gasteiger partial charge in [0, 0.05) is 6.04 Å². The van der Waals surface area contributed by atoms with E-state index in [4.69, 9.17) is 11.6 Å². The van der Waals surface area contributed by atoms with Gasteiger partial charge in [0.05, 0.1) is 5.02 Å². The number of hydrogen-bond donors (Lipinski definition) is 1. The van der Waals surface area contributed by atoms with Crippen molar-refractivity contribution < 1.29 is 4.39 Å². The van der Waals surface area contributed by atoms with E-state index in [9.17, 15) is 4.39 Å². The first-order chi connectivity index (χ1) is 8.19. The lowest BCUT2D eigenvalue weighted by Crippen LogP contribution is -2.31. The molecular weight excluding hydrogens is 237 g/mol. The largest absolute Gasteiger partial charge is 0.314 e. The van der Waals surface area contributed by atoms with E-state index < -0.39 is 0 Å². The molecule has 17 heavy (non-hydrogen) atoms. The Labute approximate surface area is 108 Å². The van der Waals surface area contributed by atoms with Crippen molar-refractivity contribution in [3.05, 3.63) is 34.6 Å². The van der Waals surface area contributed by atoms with Gasteiger partial charge in [0.2, 0.25) is 0 Å². The minimum atomic E-state index is -0.324. The maximum Gasteiger partial charge on any atom is 0.142 e. The van der Waals surface area contributed by atoms with Crippen LogP contribution in [0.15, 0.2) is 18.2 Å². The van der Waals surface area contributed by atoms with Crippen molar-refractivity contribution in [1.82, 2.24) is 5.32 Å². The number of benzene rings is 1. The van der Waals surface area contributed by atoms with Crippen LogP contribution in [-0.2, 0) is 6.42 Å². The number of unbranched alkanes of at least 4 members (excludes halogenated alkanes) is 1. The van der Waals surface area contributed by atoms with Crippen molar-refractivity contribution >= 4 is 11.6 Å². The van der Waals surface area contributed by atoms with Crippen molar-refractivity contribution in [1.29, 1.82) is 0 Å². The van der Waals surface area contributed by atoms with Crippen LogP contribution >= 0.6 is 11.6 Å². The first-order valence-electron chi connectivity index (χ1n) is 6.35. The van der Waals surface area contributed by atoms with Crippen LogP contribution in [0.1, 0.15) is 38.7 Å². The Balaban J connectivity index is 2.67. The first kappa shape index (κ1) is 14.5. The van der Waals surface area contributed by atoms with Crippen LogP contribution in [0.4, 0.5) is 4.39 Å². The van der Waals surface area contributed by atoms with E-state index in [1.54, 1.807) is 6.07 Å². The van der Waals surface area contributed by atoms with Crippen LogP contribution in [0.5, 0.6) is 0 Å².